The third kappa shape index (κ3) is 4.93. The summed E-state index contributed by atoms with van der Waals surface area (Å²) < 4.78 is 7.33. The molecule has 1 N–H and O–H groups in total. The molecule has 2 aliphatic heterocycles. The second-order valence-electron chi connectivity index (χ2n) is 9.18. The van der Waals surface area contributed by atoms with E-state index in [0.717, 1.165) is 50.3 Å². The van der Waals surface area contributed by atoms with E-state index in [1.54, 1.807) is 11.8 Å². The van der Waals surface area contributed by atoms with Gasteiger partial charge in [-0.05, 0) is 37.1 Å². The second kappa shape index (κ2) is 10.3. The molecule has 0 atom stereocenters. The Labute approximate surface area is 205 Å². The molecule has 2 aromatic carbocycles. The quantitative estimate of drug-likeness (QED) is 0.588. The molecule has 5 rings (SSSR count). The Balaban J connectivity index is 1.36. The van der Waals surface area contributed by atoms with Crippen LogP contribution in [0.5, 0.6) is 5.75 Å². The molecule has 0 radical (unpaired) electrons. The topological polar surface area (TPSA) is 72.1 Å². The summed E-state index contributed by atoms with van der Waals surface area (Å²) in [6.45, 7) is 5.04. The fourth-order valence-corrected chi connectivity index (χ4v) is 4.95. The third-order valence-corrected chi connectivity index (χ3v) is 6.95. The minimum atomic E-state index is -0.0435. The molecule has 182 valence electrons. The lowest BCUT2D eigenvalue weighted by Crippen LogP contribution is -3.15. The van der Waals surface area contributed by atoms with Gasteiger partial charge in [0.2, 0.25) is 0 Å². The van der Waals surface area contributed by atoms with Gasteiger partial charge < -0.3 is 19.4 Å². The van der Waals surface area contributed by atoms with Crippen molar-refractivity contribution in [2.24, 2.45) is 0 Å². The van der Waals surface area contributed by atoms with Gasteiger partial charge >= 0.3 is 0 Å². The maximum Gasteiger partial charge on any atom is 0.277 e. The van der Waals surface area contributed by atoms with Crippen LogP contribution in [0.1, 0.15) is 23.2 Å². The zero-order valence-corrected chi connectivity index (χ0v) is 20.2. The van der Waals surface area contributed by atoms with E-state index in [1.165, 1.54) is 4.90 Å². The van der Waals surface area contributed by atoms with E-state index in [0.29, 0.717) is 36.6 Å². The summed E-state index contributed by atoms with van der Waals surface area (Å²) in [4.78, 5) is 31.4. The molecule has 0 unspecified atom stereocenters. The number of carbonyl (C=O) groups is 2. The van der Waals surface area contributed by atoms with Gasteiger partial charge in [-0.15, -0.1) is 0 Å². The number of amides is 2. The van der Waals surface area contributed by atoms with Crippen LogP contribution in [0.4, 0.5) is 0 Å². The van der Waals surface area contributed by atoms with Gasteiger partial charge in [0.25, 0.3) is 11.8 Å². The van der Waals surface area contributed by atoms with E-state index < -0.39 is 0 Å². The van der Waals surface area contributed by atoms with E-state index >= 15 is 0 Å². The number of rotatable bonds is 6. The van der Waals surface area contributed by atoms with Crippen molar-refractivity contribution < 1.29 is 19.2 Å². The van der Waals surface area contributed by atoms with E-state index in [4.69, 9.17) is 9.84 Å². The summed E-state index contributed by atoms with van der Waals surface area (Å²) in [6, 6.07) is 17.4. The highest BCUT2D eigenvalue weighted by Gasteiger charge is 2.31. The highest BCUT2D eigenvalue weighted by Crippen LogP contribution is 2.32. The zero-order chi connectivity index (χ0) is 24.2. The van der Waals surface area contributed by atoms with Crippen molar-refractivity contribution in [1.82, 2.24) is 19.6 Å². The molecule has 0 bridgehead atoms. The Morgan fingerprint density at radius 2 is 1.60 bits per heavy atom. The van der Waals surface area contributed by atoms with Crippen molar-refractivity contribution in [2.75, 3.05) is 52.9 Å². The largest absolute Gasteiger partial charge is 0.496 e. The van der Waals surface area contributed by atoms with Crippen molar-refractivity contribution in [3.05, 3.63) is 66.4 Å². The minimum absolute atomic E-state index is 0.0435. The molecular weight excluding hydrogens is 442 g/mol. The maximum atomic E-state index is 13.7. The highest BCUT2D eigenvalue weighted by atomic mass is 16.5. The average Bonchev–Trinajstić information content (AvgIpc) is 3.60. The summed E-state index contributed by atoms with van der Waals surface area (Å²) in [6.07, 6.45) is 4.03. The normalized spacial score (nSPS) is 16.5. The first kappa shape index (κ1) is 23.1. The Morgan fingerprint density at radius 3 is 2.31 bits per heavy atom. The Hall–Kier alpha value is -3.65. The van der Waals surface area contributed by atoms with E-state index in [9.17, 15) is 9.59 Å². The zero-order valence-electron chi connectivity index (χ0n) is 20.2. The van der Waals surface area contributed by atoms with Crippen LogP contribution in [0.2, 0.25) is 0 Å². The molecule has 8 nitrogen and oxygen atoms in total. The molecule has 2 aliphatic rings. The predicted octanol–water partition coefficient (Wildman–Crippen LogP) is 1.51. The van der Waals surface area contributed by atoms with E-state index in [2.05, 4.69) is 0 Å². The molecular formula is C27H32N5O3+. The molecule has 35 heavy (non-hydrogen) atoms. The molecule has 2 amide bonds. The second-order valence-corrected chi connectivity index (χ2v) is 9.18. The van der Waals surface area contributed by atoms with Crippen LogP contribution in [0, 0.1) is 0 Å². The fourth-order valence-electron chi connectivity index (χ4n) is 4.95. The molecule has 2 saturated heterocycles. The number of para-hydroxylation sites is 2. The van der Waals surface area contributed by atoms with Gasteiger partial charge in [0, 0.05) is 24.8 Å². The highest BCUT2D eigenvalue weighted by molar-refractivity contribution is 6.00. The van der Waals surface area contributed by atoms with Crippen molar-refractivity contribution in [3.8, 4) is 22.7 Å². The number of benzene rings is 2. The monoisotopic (exact) mass is 474 g/mol. The van der Waals surface area contributed by atoms with E-state index in [-0.39, 0.29) is 11.8 Å². The number of ether oxygens (including phenoxy) is 1. The summed E-state index contributed by atoms with van der Waals surface area (Å²) in [5.41, 5.74) is 2.83. The lowest BCUT2D eigenvalue weighted by molar-refractivity contribution is -0.896. The van der Waals surface area contributed by atoms with Crippen LogP contribution in [-0.4, -0.2) is 84.3 Å². The number of methoxy groups -OCH3 is 1. The maximum absolute atomic E-state index is 13.7. The van der Waals surface area contributed by atoms with Gasteiger partial charge in [-0.3, -0.25) is 9.59 Å². The van der Waals surface area contributed by atoms with Gasteiger partial charge in [-0.2, -0.15) is 5.10 Å². The number of aromatic nitrogens is 2. The standard InChI is InChI=1S/C27H31N5O3/c1-35-24-12-6-5-11-22(24)26-23(19-32(28-26)21-9-3-2-4-10-21)27(34)31-17-15-29(16-18-31)20-25(33)30-13-7-8-14-30/h2-6,9-12,19H,7-8,13-18,20H2,1H3/p+1. The van der Waals surface area contributed by atoms with Crippen molar-refractivity contribution in [2.45, 2.75) is 12.8 Å². The molecule has 3 heterocycles. The minimum Gasteiger partial charge on any atom is -0.496 e. The van der Waals surface area contributed by atoms with Crippen LogP contribution in [0.25, 0.3) is 16.9 Å². The van der Waals surface area contributed by atoms with Gasteiger partial charge in [0.1, 0.15) is 11.4 Å². The van der Waals surface area contributed by atoms with Crippen LogP contribution < -0.4 is 9.64 Å². The number of nitrogens with one attached hydrogen (secondary N) is 1. The summed E-state index contributed by atoms with van der Waals surface area (Å²) in [5.74, 6) is 0.868. The van der Waals surface area contributed by atoms with Gasteiger partial charge in [0.05, 0.1) is 44.5 Å². The number of carbonyl (C=O) groups excluding carboxylic acids is 2. The lowest BCUT2D eigenvalue weighted by Gasteiger charge is -2.32. The molecule has 3 aromatic rings. The molecule has 2 fully saturated rings. The van der Waals surface area contributed by atoms with Crippen LogP contribution in [0.15, 0.2) is 60.8 Å². The smallest absolute Gasteiger partial charge is 0.277 e. The van der Waals surface area contributed by atoms with Gasteiger partial charge in [-0.1, -0.05) is 30.3 Å². The van der Waals surface area contributed by atoms with Gasteiger partial charge in [-0.25, -0.2) is 4.68 Å². The SMILES string of the molecule is COc1ccccc1-c1nn(-c2ccccc2)cc1C(=O)N1CC[NH+](CC(=O)N2CCCC2)CC1. The van der Waals surface area contributed by atoms with Crippen molar-refractivity contribution in [1.29, 1.82) is 0 Å². The molecule has 1 aromatic heterocycles. The first-order valence-corrected chi connectivity index (χ1v) is 12.3. The Morgan fingerprint density at radius 1 is 0.914 bits per heavy atom. The molecule has 8 heteroatoms. The molecule has 0 spiro atoms. The fraction of sp³-hybridized carbons (Fsp3) is 0.370. The van der Waals surface area contributed by atoms with E-state index in [1.807, 2.05) is 70.6 Å². The first-order valence-electron chi connectivity index (χ1n) is 12.3. The number of nitrogens with zero attached hydrogens (tertiary/aromatic N) is 4. The average molecular weight is 475 g/mol. The Bertz CT molecular complexity index is 1180. The summed E-state index contributed by atoms with van der Waals surface area (Å²) in [5, 5.41) is 4.81. The first-order chi connectivity index (χ1) is 17.1. The van der Waals surface area contributed by atoms with Crippen molar-refractivity contribution in [3.63, 3.8) is 0 Å². The third-order valence-electron chi connectivity index (χ3n) is 6.95. The summed E-state index contributed by atoms with van der Waals surface area (Å²) >= 11 is 0. The lowest BCUT2D eigenvalue weighted by atomic mass is 10.1. The molecule has 0 saturated carbocycles. The summed E-state index contributed by atoms with van der Waals surface area (Å²) in [7, 11) is 1.62. The Kier molecular flexibility index (Phi) is 6.81. The van der Waals surface area contributed by atoms with Crippen LogP contribution >= 0.6 is 0 Å². The van der Waals surface area contributed by atoms with Crippen molar-refractivity contribution >= 4 is 11.8 Å². The number of likely N-dealkylation sites (tertiary alicyclic amines) is 1. The number of quaternary nitrogens is 1. The molecule has 0 aliphatic carbocycles. The van der Waals surface area contributed by atoms with Crippen LogP contribution in [-0.2, 0) is 4.79 Å². The predicted molar refractivity (Wildman–Crippen MR) is 133 cm³/mol. The number of piperazine rings is 1. The van der Waals surface area contributed by atoms with Gasteiger partial charge in [0.15, 0.2) is 6.54 Å². The van der Waals surface area contributed by atoms with Crippen LogP contribution in [0.3, 0.4) is 0 Å². The number of hydrogen-bond donors (Lipinski definition) is 1. The number of hydrogen-bond acceptors (Lipinski definition) is 4.